The second kappa shape index (κ2) is 6.65. The number of hydrogen-bond acceptors (Lipinski definition) is 7. The highest BCUT2D eigenvalue weighted by atomic mass is 32.2. The molecule has 2 aromatic rings. The molecule has 3 rings (SSSR count). The van der Waals surface area contributed by atoms with Crippen molar-refractivity contribution in [1.29, 1.82) is 0 Å². The van der Waals surface area contributed by atoms with Gasteiger partial charge in [-0.2, -0.15) is 4.98 Å². The van der Waals surface area contributed by atoms with E-state index in [1.165, 1.54) is 24.5 Å². The molecule has 128 valence electrons. The van der Waals surface area contributed by atoms with Crippen molar-refractivity contribution >= 4 is 15.9 Å². The Morgan fingerprint density at radius 2 is 2.29 bits per heavy atom. The smallest absolute Gasteiger partial charge is 0.249 e. The fourth-order valence-electron chi connectivity index (χ4n) is 2.61. The summed E-state index contributed by atoms with van der Waals surface area (Å²) in [6, 6.07) is 2.75. The Kier molecular flexibility index (Phi) is 4.58. The van der Waals surface area contributed by atoms with Gasteiger partial charge in [0, 0.05) is 25.4 Å². The van der Waals surface area contributed by atoms with Crippen LogP contribution in [-0.2, 0) is 21.4 Å². The first-order valence-electron chi connectivity index (χ1n) is 7.53. The molecule has 0 saturated carbocycles. The molecule has 1 aliphatic rings. The van der Waals surface area contributed by atoms with E-state index in [1.807, 2.05) is 6.92 Å². The molecule has 9 nitrogen and oxygen atoms in total. The lowest BCUT2D eigenvalue weighted by Crippen LogP contribution is -2.27. The van der Waals surface area contributed by atoms with Gasteiger partial charge >= 0.3 is 0 Å². The number of nitrogens with zero attached hydrogens (tertiary/aromatic N) is 4. The summed E-state index contributed by atoms with van der Waals surface area (Å²) in [7, 11) is -3.69. The Bertz CT molecular complexity index is 821. The van der Waals surface area contributed by atoms with E-state index in [0.29, 0.717) is 25.3 Å². The first-order chi connectivity index (χ1) is 11.5. The summed E-state index contributed by atoms with van der Waals surface area (Å²) >= 11 is 0. The van der Waals surface area contributed by atoms with Crippen molar-refractivity contribution in [3.63, 3.8) is 0 Å². The van der Waals surface area contributed by atoms with E-state index in [4.69, 9.17) is 4.52 Å². The summed E-state index contributed by atoms with van der Waals surface area (Å²) in [5.41, 5.74) is 0. The summed E-state index contributed by atoms with van der Waals surface area (Å²) in [6.07, 6.45) is 3.82. The molecule has 1 atom stereocenters. The maximum absolute atomic E-state index is 12.1. The van der Waals surface area contributed by atoms with Crippen molar-refractivity contribution in [2.45, 2.75) is 37.2 Å². The van der Waals surface area contributed by atoms with Crippen molar-refractivity contribution < 1.29 is 17.7 Å². The SMILES string of the molecule is CCN1C(=O)CC[C@H]1c1nc(CNS(=O)(=O)c2cccnc2)no1. The minimum absolute atomic E-state index is 0.0551. The van der Waals surface area contributed by atoms with Crippen LogP contribution >= 0.6 is 0 Å². The van der Waals surface area contributed by atoms with Crippen LogP contribution in [0.5, 0.6) is 0 Å². The third kappa shape index (κ3) is 3.29. The van der Waals surface area contributed by atoms with Crippen LogP contribution in [0.1, 0.15) is 37.5 Å². The number of nitrogens with one attached hydrogen (secondary N) is 1. The Morgan fingerprint density at radius 1 is 1.46 bits per heavy atom. The van der Waals surface area contributed by atoms with E-state index in [9.17, 15) is 13.2 Å². The van der Waals surface area contributed by atoms with Crippen molar-refractivity contribution in [2.24, 2.45) is 0 Å². The van der Waals surface area contributed by atoms with Crippen LogP contribution in [-0.4, -0.2) is 40.9 Å². The Morgan fingerprint density at radius 3 is 3.00 bits per heavy atom. The van der Waals surface area contributed by atoms with Gasteiger partial charge in [-0.05, 0) is 25.5 Å². The molecule has 1 fully saturated rings. The lowest BCUT2D eigenvalue weighted by Gasteiger charge is -2.19. The molecule has 10 heteroatoms. The maximum Gasteiger partial charge on any atom is 0.249 e. The van der Waals surface area contributed by atoms with Gasteiger partial charge in [-0.3, -0.25) is 9.78 Å². The molecule has 24 heavy (non-hydrogen) atoms. The summed E-state index contributed by atoms with van der Waals surface area (Å²) in [5, 5.41) is 3.78. The number of pyridine rings is 1. The molecular formula is C14H17N5O4S. The Hall–Kier alpha value is -2.33. The zero-order valence-corrected chi connectivity index (χ0v) is 13.9. The Balaban J connectivity index is 1.68. The largest absolute Gasteiger partial charge is 0.337 e. The highest BCUT2D eigenvalue weighted by Gasteiger charge is 2.34. The summed E-state index contributed by atoms with van der Waals surface area (Å²) in [5.74, 6) is 0.602. The average Bonchev–Trinajstić information content (AvgIpc) is 3.20. The maximum atomic E-state index is 12.1. The first-order valence-corrected chi connectivity index (χ1v) is 9.01. The highest BCUT2D eigenvalue weighted by Crippen LogP contribution is 2.31. The quantitative estimate of drug-likeness (QED) is 0.810. The topological polar surface area (TPSA) is 118 Å². The van der Waals surface area contributed by atoms with Gasteiger partial charge in [0.25, 0.3) is 0 Å². The first kappa shape index (κ1) is 16.5. The Labute approximate surface area is 139 Å². The van der Waals surface area contributed by atoms with E-state index in [2.05, 4.69) is 19.8 Å². The number of rotatable bonds is 6. The lowest BCUT2D eigenvalue weighted by molar-refractivity contribution is -0.129. The predicted octanol–water partition coefficient (Wildman–Crippen LogP) is 0.626. The van der Waals surface area contributed by atoms with Gasteiger partial charge in [0.05, 0.1) is 6.54 Å². The zero-order chi connectivity index (χ0) is 17.2. The van der Waals surface area contributed by atoms with Crippen LogP contribution in [0.25, 0.3) is 0 Å². The molecule has 0 aromatic carbocycles. The third-order valence-electron chi connectivity index (χ3n) is 3.80. The van der Waals surface area contributed by atoms with Crippen LogP contribution in [0.2, 0.25) is 0 Å². The molecule has 1 N–H and O–H groups in total. The van der Waals surface area contributed by atoms with E-state index >= 15 is 0 Å². The standard InChI is InChI=1S/C14H17N5O4S/c1-2-19-11(5-6-13(19)20)14-17-12(18-23-14)9-16-24(21,22)10-4-3-7-15-8-10/h3-4,7-8,11,16H,2,5-6,9H2,1H3/t11-/m0/s1. The monoisotopic (exact) mass is 351 g/mol. The van der Waals surface area contributed by atoms with Crippen LogP contribution < -0.4 is 4.72 Å². The number of carbonyl (C=O) groups is 1. The minimum Gasteiger partial charge on any atom is -0.337 e. The van der Waals surface area contributed by atoms with Gasteiger partial charge in [0.15, 0.2) is 5.82 Å². The summed E-state index contributed by atoms with van der Waals surface area (Å²) in [4.78, 5) is 21.5. The van der Waals surface area contributed by atoms with Crippen molar-refractivity contribution in [3.8, 4) is 0 Å². The number of carbonyl (C=O) groups excluding carboxylic acids is 1. The van der Waals surface area contributed by atoms with Crippen LogP contribution in [0, 0.1) is 0 Å². The normalized spacial score (nSPS) is 18.3. The number of aromatic nitrogens is 3. The molecule has 0 bridgehead atoms. The van der Waals surface area contributed by atoms with Gasteiger partial charge in [0.1, 0.15) is 10.9 Å². The molecule has 0 unspecified atom stereocenters. The van der Waals surface area contributed by atoms with Crippen molar-refractivity contribution in [3.05, 3.63) is 36.2 Å². The van der Waals surface area contributed by atoms with E-state index in [1.54, 1.807) is 4.90 Å². The van der Waals surface area contributed by atoms with Crippen molar-refractivity contribution in [1.82, 2.24) is 24.7 Å². The van der Waals surface area contributed by atoms with E-state index in [-0.39, 0.29) is 29.2 Å². The fraction of sp³-hybridized carbons (Fsp3) is 0.429. The zero-order valence-electron chi connectivity index (χ0n) is 13.0. The van der Waals surface area contributed by atoms with E-state index in [0.717, 1.165) is 0 Å². The van der Waals surface area contributed by atoms with Crippen LogP contribution in [0.15, 0.2) is 33.9 Å². The molecule has 2 aromatic heterocycles. The number of hydrogen-bond donors (Lipinski definition) is 1. The second-order valence-corrected chi connectivity index (χ2v) is 7.06. The fourth-order valence-corrected chi connectivity index (χ4v) is 3.55. The number of amides is 1. The highest BCUT2D eigenvalue weighted by molar-refractivity contribution is 7.89. The minimum atomic E-state index is -3.69. The molecule has 0 aliphatic carbocycles. The van der Waals surface area contributed by atoms with Crippen LogP contribution in [0.4, 0.5) is 0 Å². The van der Waals surface area contributed by atoms with Gasteiger partial charge in [-0.15, -0.1) is 0 Å². The van der Waals surface area contributed by atoms with Gasteiger partial charge in [-0.1, -0.05) is 5.16 Å². The molecule has 3 heterocycles. The lowest BCUT2D eigenvalue weighted by atomic mass is 10.2. The molecule has 0 spiro atoms. The van der Waals surface area contributed by atoms with Gasteiger partial charge in [0.2, 0.25) is 21.8 Å². The number of sulfonamides is 1. The van der Waals surface area contributed by atoms with Crippen LogP contribution in [0.3, 0.4) is 0 Å². The van der Waals surface area contributed by atoms with Gasteiger partial charge < -0.3 is 9.42 Å². The van der Waals surface area contributed by atoms with Gasteiger partial charge in [-0.25, -0.2) is 13.1 Å². The predicted molar refractivity (Wildman–Crippen MR) is 81.9 cm³/mol. The summed E-state index contributed by atoms with van der Waals surface area (Å²) in [6.45, 7) is 2.35. The molecule has 1 aliphatic heterocycles. The molecular weight excluding hydrogens is 334 g/mol. The van der Waals surface area contributed by atoms with Crippen molar-refractivity contribution in [2.75, 3.05) is 6.54 Å². The third-order valence-corrected chi connectivity index (χ3v) is 5.19. The molecule has 0 radical (unpaired) electrons. The summed E-state index contributed by atoms with van der Waals surface area (Å²) < 4.78 is 31.8. The molecule has 1 saturated heterocycles. The average molecular weight is 351 g/mol. The number of likely N-dealkylation sites (tertiary alicyclic amines) is 1. The molecule has 1 amide bonds. The van der Waals surface area contributed by atoms with E-state index < -0.39 is 10.0 Å². The second-order valence-electron chi connectivity index (χ2n) is 5.30.